The van der Waals surface area contributed by atoms with Gasteiger partial charge < -0.3 is 9.42 Å². The summed E-state index contributed by atoms with van der Waals surface area (Å²) in [7, 11) is 0. The van der Waals surface area contributed by atoms with Crippen LogP contribution in [0.1, 0.15) is 66.7 Å². The molecule has 5 nitrogen and oxygen atoms in total. The number of amides is 1. The summed E-state index contributed by atoms with van der Waals surface area (Å²) in [5, 5.41) is 4.82. The first-order valence-electron chi connectivity index (χ1n) is 8.69. The van der Waals surface area contributed by atoms with Gasteiger partial charge in [0.1, 0.15) is 0 Å². The van der Waals surface area contributed by atoms with Crippen LogP contribution in [0.25, 0.3) is 11.1 Å². The number of hydrogen-bond acceptors (Lipinski definition) is 4. The number of fused-ring (bicyclic) bond motifs is 1. The molecular weight excluding hydrogens is 290 g/mol. The maximum Gasteiger partial charge on any atom is 0.259 e. The molecule has 1 aliphatic carbocycles. The van der Waals surface area contributed by atoms with Crippen LogP contribution in [0, 0.1) is 12.8 Å². The zero-order chi connectivity index (χ0) is 16.0. The summed E-state index contributed by atoms with van der Waals surface area (Å²) in [6, 6.07) is 1.99. The average molecular weight is 313 g/mol. The van der Waals surface area contributed by atoms with Crippen molar-refractivity contribution < 1.29 is 9.32 Å². The number of carbonyl (C=O) groups excluding carboxylic acids is 1. The number of nitrogens with zero attached hydrogens (tertiary/aromatic N) is 3. The first-order valence-corrected chi connectivity index (χ1v) is 8.69. The van der Waals surface area contributed by atoms with E-state index >= 15 is 0 Å². The molecule has 2 aliphatic rings. The number of rotatable bonds is 2. The fourth-order valence-electron chi connectivity index (χ4n) is 3.51. The Morgan fingerprint density at radius 1 is 1.26 bits per heavy atom. The van der Waals surface area contributed by atoms with Crippen molar-refractivity contribution in [1.82, 2.24) is 15.0 Å². The Labute approximate surface area is 136 Å². The van der Waals surface area contributed by atoms with Gasteiger partial charge >= 0.3 is 0 Å². The molecule has 2 aromatic rings. The molecule has 122 valence electrons. The van der Waals surface area contributed by atoms with E-state index < -0.39 is 0 Å². The van der Waals surface area contributed by atoms with E-state index in [0.29, 0.717) is 17.5 Å². The molecule has 0 aromatic carbocycles. The lowest BCUT2D eigenvalue weighted by Gasteiger charge is -2.21. The molecule has 1 atom stereocenters. The lowest BCUT2D eigenvalue weighted by atomic mass is 10.0. The van der Waals surface area contributed by atoms with E-state index in [2.05, 4.69) is 17.1 Å². The lowest BCUT2D eigenvalue weighted by molar-refractivity contribution is 0.0762. The van der Waals surface area contributed by atoms with Crippen LogP contribution in [0.4, 0.5) is 0 Å². The second-order valence-corrected chi connectivity index (χ2v) is 7.15. The molecule has 0 unspecified atom stereocenters. The zero-order valence-corrected chi connectivity index (χ0v) is 13.8. The summed E-state index contributed by atoms with van der Waals surface area (Å²) in [4.78, 5) is 19.7. The van der Waals surface area contributed by atoms with Crippen molar-refractivity contribution in [3.63, 3.8) is 0 Å². The van der Waals surface area contributed by atoms with Crippen molar-refractivity contribution >= 4 is 17.0 Å². The fraction of sp³-hybridized carbons (Fsp3) is 0.611. The van der Waals surface area contributed by atoms with Gasteiger partial charge in [-0.15, -0.1) is 0 Å². The molecule has 2 aromatic heterocycles. The van der Waals surface area contributed by atoms with Crippen molar-refractivity contribution in [2.24, 2.45) is 5.92 Å². The number of carbonyl (C=O) groups is 1. The molecule has 0 bridgehead atoms. The Morgan fingerprint density at radius 2 is 2.09 bits per heavy atom. The summed E-state index contributed by atoms with van der Waals surface area (Å²) in [5.41, 5.74) is 2.98. The highest BCUT2D eigenvalue weighted by atomic mass is 16.5. The monoisotopic (exact) mass is 313 g/mol. The molecule has 0 N–H and O–H groups in total. The molecule has 23 heavy (non-hydrogen) atoms. The first kappa shape index (κ1) is 14.7. The molecule has 4 rings (SSSR count). The summed E-state index contributed by atoms with van der Waals surface area (Å²) in [5.74, 6) is 1.30. The third-order valence-corrected chi connectivity index (χ3v) is 5.17. The van der Waals surface area contributed by atoms with Crippen LogP contribution in [0.5, 0.6) is 0 Å². The van der Waals surface area contributed by atoms with Gasteiger partial charge in [0.25, 0.3) is 11.6 Å². The topological polar surface area (TPSA) is 59.2 Å². The molecule has 0 radical (unpaired) electrons. The van der Waals surface area contributed by atoms with Crippen LogP contribution in [-0.2, 0) is 0 Å². The Balaban J connectivity index is 1.74. The average Bonchev–Trinajstić information content (AvgIpc) is 3.35. The van der Waals surface area contributed by atoms with Gasteiger partial charge in [-0.25, -0.2) is 4.98 Å². The van der Waals surface area contributed by atoms with Crippen LogP contribution in [0.15, 0.2) is 10.6 Å². The third-order valence-electron chi connectivity index (χ3n) is 5.17. The number of hydrogen-bond donors (Lipinski definition) is 0. The Hall–Kier alpha value is -1.91. The molecule has 5 heteroatoms. The van der Waals surface area contributed by atoms with Gasteiger partial charge in [-0.3, -0.25) is 4.79 Å². The number of aryl methyl sites for hydroxylation is 1. The van der Waals surface area contributed by atoms with Gasteiger partial charge in [-0.2, -0.15) is 0 Å². The molecule has 0 spiro atoms. The zero-order valence-electron chi connectivity index (χ0n) is 13.8. The molecule has 3 heterocycles. The maximum absolute atomic E-state index is 13.1. The van der Waals surface area contributed by atoms with Gasteiger partial charge in [0.05, 0.1) is 16.6 Å². The fourth-order valence-corrected chi connectivity index (χ4v) is 3.51. The van der Waals surface area contributed by atoms with E-state index in [1.165, 1.54) is 6.42 Å². The van der Waals surface area contributed by atoms with Crippen LogP contribution in [0.2, 0.25) is 0 Å². The van der Waals surface area contributed by atoms with Crippen LogP contribution in [-0.4, -0.2) is 34.0 Å². The maximum atomic E-state index is 13.1. The minimum absolute atomic E-state index is 0.111. The molecule has 2 fully saturated rings. The van der Waals surface area contributed by atoms with Gasteiger partial charge in [0, 0.05) is 24.7 Å². The van der Waals surface area contributed by atoms with Crippen molar-refractivity contribution in [2.45, 2.75) is 51.9 Å². The van der Waals surface area contributed by atoms with Crippen LogP contribution < -0.4 is 0 Å². The van der Waals surface area contributed by atoms with Gasteiger partial charge in [0.15, 0.2) is 0 Å². The molecule has 1 amide bonds. The Morgan fingerprint density at radius 3 is 2.87 bits per heavy atom. The minimum Gasteiger partial charge on any atom is -0.339 e. The highest BCUT2D eigenvalue weighted by molar-refractivity contribution is 6.06. The van der Waals surface area contributed by atoms with E-state index in [1.54, 1.807) is 0 Å². The second-order valence-electron chi connectivity index (χ2n) is 7.15. The lowest BCUT2D eigenvalue weighted by Crippen LogP contribution is -2.32. The molecule has 1 aliphatic heterocycles. The molecule has 1 saturated heterocycles. The molecule has 1 saturated carbocycles. The van der Waals surface area contributed by atoms with Crippen LogP contribution >= 0.6 is 0 Å². The first-order chi connectivity index (χ1) is 11.1. The van der Waals surface area contributed by atoms with E-state index in [-0.39, 0.29) is 5.91 Å². The van der Waals surface area contributed by atoms with Crippen molar-refractivity contribution in [1.29, 1.82) is 0 Å². The number of pyridine rings is 1. The van der Waals surface area contributed by atoms with Crippen molar-refractivity contribution in [3.05, 3.63) is 23.0 Å². The second kappa shape index (κ2) is 5.62. The summed E-state index contributed by atoms with van der Waals surface area (Å²) in [6.07, 6.45) is 5.67. The third kappa shape index (κ3) is 2.73. The quantitative estimate of drug-likeness (QED) is 0.848. The summed E-state index contributed by atoms with van der Waals surface area (Å²) >= 11 is 0. The predicted octanol–water partition coefficient (Wildman–Crippen LogP) is 3.67. The van der Waals surface area contributed by atoms with Crippen molar-refractivity contribution in [2.75, 3.05) is 13.1 Å². The highest BCUT2D eigenvalue weighted by Crippen LogP contribution is 2.40. The summed E-state index contributed by atoms with van der Waals surface area (Å²) < 4.78 is 5.36. The molecular formula is C18H23N3O2. The van der Waals surface area contributed by atoms with Gasteiger partial charge in [-0.1, -0.05) is 12.1 Å². The number of likely N-dealkylation sites (tertiary alicyclic amines) is 1. The van der Waals surface area contributed by atoms with Crippen LogP contribution in [0.3, 0.4) is 0 Å². The number of aromatic nitrogens is 2. The standard InChI is InChI=1S/C18H23N3O2/c1-11-4-3-8-21(9-7-11)18(22)14-10-15(13-5-6-13)19-17-16(14)12(2)20-23-17/h10-11,13H,3-9H2,1-2H3/t11-/m1/s1. The van der Waals surface area contributed by atoms with E-state index in [1.807, 2.05) is 17.9 Å². The SMILES string of the molecule is Cc1noc2nc(C3CC3)cc(C(=O)N3CCC[C@@H](C)CC3)c12. The largest absolute Gasteiger partial charge is 0.339 e. The summed E-state index contributed by atoms with van der Waals surface area (Å²) in [6.45, 7) is 5.84. The van der Waals surface area contributed by atoms with Crippen molar-refractivity contribution in [3.8, 4) is 0 Å². The van der Waals surface area contributed by atoms with E-state index in [9.17, 15) is 4.79 Å². The highest BCUT2D eigenvalue weighted by Gasteiger charge is 2.30. The minimum atomic E-state index is 0.111. The van der Waals surface area contributed by atoms with E-state index in [4.69, 9.17) is 4.52 Å². The smallest absolute Gasteiger partial charge is 0.259 e. The predicted molar refractivity (Wildman–Crippen MR) is 87.4 cm³/mol. The Bertz CT molecular complexity index is 748. The van der Waals surface area contributed by atoms with Gasteiger partial charge in [-0.05, 0) is 51.0 Å². The van der Waals surface area contributed by atoms with E-state index in [0.717, 1.165) is 61.1 Å². The Kier molecular flexibility index (Phi) is 3.58. The normalized spacial score (nSPS) is 22.3. The van der Waals surface area contributed by atoms with Gasteiger partial charge in [0.2, 0.25) is 0 Å².